The van der Waals surface area contributed by atoms with Crippen molar-refractivity contribution in [2.24, 2.45) is 0 Å². The van der Waals surface area contributed by atoms with Crippen LogP contribution in [0.1, 0.15) is 27.2 Å². The highest BCUT2D eigenvalue weighted by Crippen LogP contribution is 2.25. The van der Waals surface area contributed by atoms with Crippen LogP contribution in [0.5, 0.6) is 5.75 Å². The highest BCUT2D eigenvalue weighted by Gasteiger charge is 2.32. The first kappa shape index (κ1) is 26.3. The summed E-state index contributed by atoms with van der Waals surface area (Å²) in [4.78, 5) is 24.0. The molecule has 10 heteroatoms. The van der Waals surface area contributed by atoms with Crippen LogP contribution >= 0.6 is 0 Å². The molecule has 2 aromatic carbocycles. The third-order valence-corrected chi connectivity index (χ3v) is 6.87. The minimum Gasteiger partial charge on any atom is -0.497 e. The van der Waals surface area contributed by atoms with E-state index in [-0.39, 0.29) is 24.6 Å². The molecule has 0 aliphatic rings. The zero-order chi connectivity index (χ0) is 24.4. The van der Waals surface area contributed by atoms with E-state index in [1.54, 1.807) is 26.2 Å². The van der Waals surface area contributed by atoms with Gasteiger partial charge >= 0.3 is 5.97 Å². The maximum atomic E-state index is 13.3. The van der Waals surface area contributed by atoms with Crippen molar-refractivity contribution in [2.45, 2.75) is 38.1 Å². The van der Waals surface area contributed by atoms with Gasteiger partial charge in [0, 0.05) is 6.54 Å². The van der Waals surface area contributed by atoms with Crippen LogP contribution in [0.15, 0.2) is 53.4 Å². The van der Waals surface area contributed by atoms with Crippen molar-refractivity contribution < 1.29 is 27.5 Å². The molecule has 2 aromatic rings. The standard InChI is InChI=1S/C23H31N3O6S/c1-5-15-26(17(3)23(28)25-24-16-22(27)32-6-2)33(29,30)21-13-9-19(10-14-21)18-7-11-20(31-4)12-8-18/h7-14,17,24H,5-6,15-16H2,1-4H3,(H,25,28)/t17-/m0/s1. The highest BCUT2D eigenvalue weighted by molar-refractivity contribution is 7.89. The molecule has 0 saturated carbocycles. The molecule has 9 nitrogen and oxygen atoms in total. The average Bonchev–Trinajstić information content (AvgIpc) is 2.82. The lowest BCUT2D eigenvalue weighted by atomic mass is 10.1. The van der Waals surface area contributed by atoms with Gasteiger partial charge in [0.2, 0.25) is 10.0 Å². The molecule has 0 heterocycles. The highest BCUT2D eigenvalue weighted by atomic mass is 32.2. The van der Waals surface area contributed by atoms with Crippen LogP contribution < -0.4 is 15.6 Å². The average molecular weight is 478 g/mol. The molecule has 0 aliphatic heterocycles. The van der Waals surface area contributed by atoms with E-state index in [1.807, 2.05) is 31.2 Å². The van der Waals surface area contributed by atoms with Gasteiger partial charge in [-0.05, 0) is 55.7 Å². The molecule has 2 N–H and O–H groups in total. The Morgan fingerprint density at radius 3 is 2.09 bits per heavy atom. The minimum atomic E-state index is -3.93. The summed E-state index contributed by atoms with van der Waals surface area (Å²) in [6.45, 7) is 5.17. The molecule has 0 saturated heterocycles. The third-order valence-electron chi connectivity index (χ3n) is 4.89. The van der Waals surface area contributed by atoms with Crippen molar-refractivity contribution in [2.75, 3.05) is 26.8 Å². The number of hydrogen-bond donors (Lipinski definition) is 2. The van der Waals surface area contributed by atoms with Gasteiger partial charge in [-0.15, -0.1) is 0 Å². The first-order chi connectivity index (χ1) is 15.7. The quantitative estimate of drug-likeness (QED) is 0.356. The fourth-order valence-corrected chi connectivity index (χ4v) is 4.82. The minimum absolute atomic E-state index is 0.0901. The van der Waals surface area contributed by atoms with Crippen LogP contribution in [0.3, 0.4) is 0 Å². The maximum Gasteiger partial charge on any atom is 0.321 e. The van der Waals surface area contributed by atoms with Crippen molar-refractivity contribution >= 4 is 21.9 Å². The van der Waals surface area contributed by atoms with Crippen LogP contribution in [0.25, 0.3) is 11.1 Å². The molecular weight excluding hydrogens is 446 g/mol. The Morgan fingerprint density at radius 1 is 1.00 bits per heavy atom. The van der Waals surface area contributed by atoms with E-state index in [1.165, 1.54) is 19.1 Å². The van der Waals surface area contributed by atoms with E-state index >= 15 is 0 Å². The van der Waals surface area contributed by atoms with Crippen LogP contribution in [-0.4, -0.2) is 57.4 Å². The zero-order valence-corrected chi connectivity index (χ0v) is 20.1. The summed E-state index contributed by atoms with van der Waals surface area (Å²) in [7, 11) is -2.34. The number of benzene rings is 2. The molecule has 0 bridgehead atoms. The lowest BCUT2D eigenvalue weighted by molar-refractivity contribution is -0.142. The fourth-order valence-electron chi connectivity index (χ4n) is 3.13. The summed E-state index contributed by atoms with van der Waals surface area (Å²) >= 11 is 0. The van der Waals surface area contributed by atoms with Crippen molar-refractivity contribution in [1.82, 2.24) is 15.2 Å². The number of carbonyl (C=O) groups is 2. The maximum absolute atomic E-state index is 13.3. The fraction of sp³-hybridized carbons (Fsp3) is 0.391. The SMILES string of the molecule is CCCN([C@@H](C)C(=O)NNCC(=O)OCC)S(=O)(=O)c1ccc(-c2ccc(OC)cc2)cc1. The van der Waals surface area contributed by atoms with E-state index in [0.717, 1.165) is 21.2 Å². The Morgan fingerprint density at radius 2 is 1.58 bits per heavy atom. The van der Waals surface area contributed by atoms with Crippen molar-refractivity contribution in [3.8, 4) is 16.9 Å². The Bertz CT molecular complexity index is 1020. The van der Waals surface area contributed by atoms with Gasteiger partial charge in [-0.3, -0.25) is 15.0 Å². The van der Waals surface area contributed by atoms with Crippen molar-refractivity contribution in [3.05, 3.63) is 48.5 Å². The lowest BCUT2D eigenvalue weighted by Crippen LogP contribution is -2.52. The summed E-state index contributed by atoms with van der Waals surface area (Å²) in [6, 6.07) is 13.0. The Balaban J connectivity index is 2.15. The van der Waals surface area contributed by atoms with Crippen LogP contribution in [0.4, 0.5) is 0 Å². The van der Waals surface area contributed by atoms with Crippen LogP contribution in [0.2, 0.25) is 0 Å². The second kappa shape index (κ2) is 12.3. The molecule has 33 heavy (non-hydrogen) atoms. The Hall–Kier alpha value is -2.95. The van der Waals surface area contributed by atoms with Crippen LogP contribution in [0, 0.1) is 0 Å². The summed E-state index contributed by atoms with van der Waals surface area (Å²) in [5, 5.41) is 0. The number of nitrogens with one attached hydrogen (secondary N) is 2. The number of methoxy groups -OCH3 is 1. The number of amides is 1. The van der Waals surface area contributed by atoms with Crippen molar-refractivity contribution in [3.63, 3.8) is 0 Å². The number of hydrazine groups is 1. The largest absolute Gasteiger partial charge is 0.497 e. The van der Waals surface area contributed by atoms with E-state index in [2.05, 4.69) is 10.9 Å². The predicted octanol–water partition coefficient (Wildman–Crippen LogP) is 2.34. The zero-order valence-electron chi connectivity index (χ0n) is 19.3. The first-order valence-electron chi connectivity index (χ1n) is 10.7. The molecule has 2 rings (SSSR count). The molecule has 0 aromatic heterocycles. The van der Waals surface area contributed by atoms with Gasteiger partial charge in [-0.25, -0.2) is 13.8 Å². The number of hydrogen-bond acceptors (Lipinski definition) is 7. The first-order valence-corrected chi connectivity index (χ1v) is 12.1. The molecule has 0 unspecified atom stereocenters. The van der Waals surface area contributed by atoms with Gasteiger partial charge in [0.1, 0.15) is 18.3 Å². The summed E-state index contributed by atoms with van der Waals surface area (Å²) in [5.41, 5.74) is 6.61. The third kappa shape index (κ3) is 7.01. The van der Waals surface area contributed by atoms with Crippen LogP contribution in [-0.2, 0) is 24.3 Å². The number of rotatable bonds is 12. The van der Waals surface area contributed by atoms with E-state index in [4.69, 9.17) is 9.47 Å². The molecule has 0 spiro atoms. The smallest absolute Gasteiger partial charge is 0.321 e. The predicted molar refractivity (Wildman–Crippen MR) is 125 cm³/mol. The second-order valence-electron chi connectivity index (χ2n) is 7.19. The second-order valence-corrected chi connectivity index (χ2v) is 9.08. The lowest BCUT2D eigenvalue weighted by Gasteiger charge is -2.27. The van der Waals surface area contributed by atoms with Gasteiger partial charge in [0.25, 0.3) is 5.91 Å². The summed E-state index contributed by atoms with van der Waals surface area (Å²) < 4.78 is 37.7. The topological polar surface area (TPSA) is 114 Å². The molecule has 0 fully saturated rings. The number of ether oxygens (including phenoxy) is 2. The normalized spacial score (nSPS) is 12.3. The molecule has 1 atom stereocenters. The van der Waals surface area contributed by atoms with Gasteiger partial charge in [0.15, 0.2) is 0 Å². The molecule has 180 valence electrons. The molecule has 0 radical (unpaired) electrons. The Labute approximate surface area is 195 Å². The van der Waals surface area contributed by atoms with Gasteiger partial charge in [-0.1, -0.05) is 31.2 Å². The number of nitrogens with zero attached hydrogens (tertiary/aromatic N) is 1. The monoisotopic (exact) mass is 477 g/mol. The van der Waals surface area contributed by atoms with Crippen molar-refractivity contribution in [1.29, 1.82) is 0 Å². The van der Waals surface area contributed by atoms with Gasteiger partial charge in [-0.2, -0.15) is 4.31 Å². The van der Waals surface area contributed by atoms with Gasteiger partial charge < -0.3 is 9.47 Å². The number of esters is 1. The molecule has 0 aliphatic carbocycles. The van der Waals surface area contributed by atoms with Gasteiger partial charge in [0.05, 0.1) is 18.6 Å². The Kier molecular flexibility index (Phi) is 9.83. The van der Waals surface area contributed by atoms with E-state index in [0.29, 0.717) is 6.42 Å². The summed E-state index contributed by atoms with van der Waals surface area (Å²) in [6.07, 6.45) is 0.525. The van der Waals surface area contributed by atoms with E-state index in [9.17, 15) is 18.0 Å². The molecule has 1 amide bonds. The van der Waals surface area contributed by atoms with E-state index < -0.39 is 27.9 Å². The molecular formula is C23H31N3O6S. The summed E-state index contributed by atoms with van der Waals surface area (Å²) in [5.74, 6) is -0.371. The number of sulfonamides is 1. The number of carbonyl (C=O) groups excluding carboxylic acids is 2.